The summed E-state index contributed by atoms with van der Waals surface area (Å²) in [5, 5.41) is 0. The van der Waals surface area contributed by atoms with Crippen LogP contribution in [0.15, 0.2) is 41.3 Å². The van der Waals surface area contributed by atoms with E-state index in [4.69, 9.17) is 0 Å². The molecule has 0 atom stereocenters. The molecule has 1 aliphatic rings. The molecule has 0 radical (unpaired) electrons. The van der Waals surface area contributed by atoms with Crippen molar-refractivity contribution in [1.29, 1.82) is 0 Å². The van der Waals surface area contributed by atoms with Gasteiger partial charge in [0.05, 0.1) is 4.90 Å². The third kappa shape index (κ3) is 4.50. The third-order valence-electron chi connectivity index (χ3n) is 4.59. The molecule has 2 aromatic carbocycles. The minimum Gasteiger partial charge on any atom is -0.364 e. The van der Waals surface area contributed by atoms with Gasteiger partial charge in [0.2, 0.25) is 0 Å². The van der Waals surface area contributed by atoms with Gasteiger partial charge in [-0.3, -0.25) is 4.90 Å². The van der Waals surface area contributed by atoms with Crippen molar-refractivity contribution >= 4 is 15.5 Å². The quantitative estimate of drug-likeness (QED) is 0.683. The lowest BCUT2D eigenvalue weighted by molar-refractivity contribution is -0.0436. The summed E-state index contributed by atoms with van der Waals surface area (Å²) >= 11 is 0. The second-order valence-corrected chi connectivity index (χ2v) is 8.52. The molecule has 0 aliphatic carbocycles. The molecule has 1 heterocycles. The standard InChI is InChI=1S/C18H16F6N2O2S/c19-13-9-15(20)17(16(21)10-13)26-6-4-25(5-7-26)11-12-2-1-3-14(8-12)29(27,28)18(22,23)24/h1-3,8-10H,4-7,11H2. The van der Waals surface area contributed by atoms with Crippen LogP contribution >= 0.6 is 0 Å². The Balaban J connectivity index is 1.69. The number of rotatable bonds is 4. The summed E-state index contributed by atoms with van der Waals surface area (Å²) in [5.74, 6) is -3.04. The Morgan fingerprint density at radius 2 is 1.48 bits per heavy atom. The van der Waals surface area contributed by atoms with Gasteiger partial charge >= 0.3 is 5.51 Å². The summed E-state index contributed by atoms with van der Waals surface area (Å²) < 4.78 is 102. The van der Waals surface area contributed by atoms with E-state index in [9.17, 15) is 34.8 Å². The van der Waals surface area contributed by atoms with E-state index in [1.165, 1.54) is 17.0 Å². The summed E-state index contributed by atoms with van der Waals surface area (Å²) in [5.41, 5.74) is -5.35. The number of halogens is 6. The van der Waals surface area contributed by atoms with Gasteiger partial charge in [0.1, 0.15) is 11.5 Å². The van der Waals surface area contributed by atoms with E-state index in [-0.39, 0.29) is 25.3 Å². The fourth-order valence-corrected chi connectivity index (χ4v) is 4.00. The van der Waals surface area contributed by atoms with E-state index in [1.54, 1.807) is 0 Å². The first-order valence-electron chi connectivity index (χ1n) is 8.51. The van der Waals surface area contributed by atoms with Crippen molar-refractivity contribution in [1.82, 2.24) is 4.90 Å². The molecule has 11 heteroatoms. The number of sulfone groups is 1. The van der Waals surface area contributed by atoms with Crippen LogP contribution in [0.4, 0.5) is 32.0 Å². The van der Waals surface area contributed by atoms with Gasteiger partial charge in [0.15, 0.2) is 11.6 Å². The van der Waals surface area contributed by atoms with Crippen LogP contribution in [0.25, 0.3) is 0 Å². The summed E-state index contributed by atoms with van der Waals surface area (Å²) in [6.45, 7) is 1.24. The second kappa shape index (κ2) is 7.86. The highest BCUT2D eigenvalue weighted by atomic mass is 32.2. The zero-order chi connectivity index (χ0) is 21.4. The maximum absolute atomic E-state index is 13.9. The molecule has 4 nitrogen and oxygen atoms in total. The smallest absolute Gasteiger partial charge is 0.364 e. The summed E-state index contributed by atoms with van der Waals surface area (Å²) in [6, 6.07) is 5.77. The molecule has 0 unspecified atom stereocenters. The molecule has 2 aromatic rings. The zero-order valence-electron chi connectivity index (χ0n) is 14.9. The molecule has 0 bridgehead atoms. The predicted molar refractivity (Wildman–Crippen MR) is 93.5 cm³/mol. The maximum Gasteiger partial charge on any atom is 0.501 e. The lowest BCUT2D eigenvalue weighted by atomic mass is 10.2. The summed E-state index contributed by atoms with van der Waals surface area (Å²) in [4.78, 5) is 2.40. The Bertz CT molecular complexity index is 979. The molecular weight excluding hydrogens is 422 g/mol. The topological polar surface area (TPSA) is 40.6 Å². The first-order chi connectivity index (χ1) is 13.5. The summed E-state index contributed by atoms with van der Waals surface area (Å²) in [7, 11) is -5.44. The molecule has 0 aromatic heterocycles. The van der Waals surface area contributed by atoms with Crippen molar-refractivity contribution < 1.29 is 34.8 Å². The van der Waals surface area contributed by atoms with Crippen molar-refractivity contribution in [2.24, 2.45) is 0 Å². The van der Waals surface area contributed by atoms with Gasteiger partial charge in [0.25, 0.3) is 9.84 Å². The summed E-state index contributed by atoms with van der Waals surface area (Å²) in [6.07, 6.45) is 0. The average molecular weight is 438 g/mol. The Hall–Kier alpha value is -2.27. The molecule has 29 heavy (non-hydrogen) atoms. The fourth-order valence-electron chi connectivity index (χ4n) is 3.17. The number of nitrogens with zero attached hydrogens (tertiary/aromatic N) is 2. The van der Waals surface area contributed by atoms with E-state index in [0.717, 1.165) is 12.1 Å². The Labute approximate surface area is 163 Å². The van der Waals surface area contributed by atoms with Gasteiger partial charge in [-0.15, -0.1) is 0 Å². The minimum absolute atomic E-state index is 0.170. The van der Waals surface area contributed by atoms with Crippen molar-refractivity contribution in [2.75, 3.05) is 31.1 Å². The number of hydrogen-bond donors (Lipinski definition) is 0. The van der Waals surface area contributed by atoms with Gasteiger partial charge < -0.3 is 4.90 Å². The van der Waals surface area contributed by atoms with E-state index < -0.39 is 37.7 Å². The van der Waals surface area contributed by atoms with Crippen LogP contribution in [-0.4, -0.2) is 45.0 Å². The van der Waals surface area contributed by atoms with Crippen LogP contribution < -0.4 is 4.90 Å². The first kappa shape index (κ1) is 21.4. The molecule has 0 amide bonds. The molecular formula is C18H16F6N2O2S. The van der Waals surface area contributed by atoms with Crippen molar-refractivity contribution in [3.63, 3.8) is 0 Å². The SMILES string of the molecule is O=S(=O)(c1cccc(CN2CCN(c3c(F)cc(F)cc3F)CC2)c1)C(F)(F)F. The monoisotopic (exact) mass is 438 g/mol. The molecule has 0 N–H and O–H groups in total. The van der Waals surface area contributed by atoms with E-state index in [0.29, 0.717) is 30.8 Å². The van der Waals surface area contributed by atoms with Crippen LogP contribution in [0.3, 0.4) is 0 Å². The van der Waals surface area contributed by atoms with Gasteiger partial charge in [-0.05, 0) is 17.7 Å². The van der Waals surface area contributed by atoms with E-state index >= 15 is 0 Å². The van der Waals surface area contributed by atoms with Crippen LogP contribution in [0, 0.1) is 17.5 Å². The number of benzene rings is 2. The maximum atomic E-state index is 13.9. The number of alkyl halides is 3. The Kier molecular flexibility index (Phi) is 5.81. The largest absolute Gasteiger partial charge is 0.501 e. The van der Waals surface area contributed by atoms with Crippen molar-refractivity contribution in [3.05, 3.63) is 59.4 Å². The van der Waals surface area contributed by atoms with Crippen LogP contribution in [0.1, 0.15) is 5.56 Å². The highest BCUT2D eigenvalue weighted by Gasteiger charge is 2.46. The lowest BCUT2D eigenvalue weighted by Gasteiger charge is -2.36. The molecule has 1 saturated heterocycles. The Morgan fingerprint density at radius 1 is 0.897 bits per heavy atom. The van der Waals surface area contributed by atoms with Crippen molar-refractivity contribution in [3.8, 4) is 0 Å². The first-order valence-corrected chi connectivity index (χ1v) is 9.99. The van der Waals surface area contributed by atoms with Gasteiger partial charge in [-0.2, -0.15) is 13.2 Å². The molecule has 1 fully saturated rings. The average Bonchev–Trinajstić information content (AvgIpc) is 2.61. The van der Waals surface area contributed by atoms with Gasteiger partial charge in [-0.1, -0.05) is 12.1 Å². The molecule has 1 aliphatic heterocycles. The fraction of sp³-hybridized carbons (Fsp3) is 0.333. The van der Waals surface area contributed by atoms with Gasteiger partial charge in [0, 0.05) is 44.9 Å². The molecule has 3 rings (SSSR count). The zero-order valence-corrected chi connectivity index (χ0v) is 15.7. The predicted octanol–water partition coefficient (Wildman–Crippen LogP) is 3.72. The van der Waals surface area contributed by atoms with E-state index in [2.05, 4.69) is 0 Å². The molecule has 158 valence electrons. The normalized spacial score (nSPS) is 16.3. The molecule has 0 spiro atoms. The lowest BCUT2D eigenvalue weighted by Crippen LogP contribution is -2.46. The Morgan fingerprint density at radius 3 is 2.03 bits per heavy atom. The second-order valence-electron chi connectivity index (χ2n) is 6.58. The highest BCUT2D eigenvalue weighted by molar-refractivity contribution is 7.92. The van der Waals surface area contributed by atoms with Crippen LogP contribution in [0.5, 0.6) is 0 Å². The van der Waals surface area contributed by atoms with E-state index in [1.807, 2.05) is 4.90 Å². The third-order valence-corrected chi connectivity index (χ3v) is 6.07. The number of hydrogen-bond acceptors (Lipinski definition) is 4. The highest BCUT2D eigenvalue weighted by Crippen LogP contribution is 2.31. The number of piperazine rings is 1. The van der Waals surface area contributed by atoms with Crippen molar-refractivity contribution in [2.45, 2.75) is 16.9 Å². The molecule has 0 saturated carbocycles. The van der Waals surface area contributed by atoms with Crippen LogP contribution in [0.2, 0.25) is 0 Å². The minimum atomic E-state index is -5.44. The number of anilines is 1. The van der Waals surface area contributed by atoms with Crippen LogP contribution in [-0.2, 0) is 16.4 Å². The van der Waals surface area contributed by atoms with Gasteiger partial charge in [-0.25, -0.2) is 21.6 Å².